The van der Waals surface area contributed by atoms with E-state index in [1.165, 1.54) is 11.1 Å². The van der Waals surface area contributed by atoms with Crippen molar-refractivity contribution in [3.63, 3.8) is 0 Å². The number of allylic oxidation sites excluding steroid dienone is 4. The molecule has 170 valence electrons. The van der Waals surface area contributed by atoms with Crippen LogP contribution in [-0.2, 0) is 11.3 Å². The van der Waals surface area contributed by atoms with Gasteiger partial charge in [-0.05, 0) is 57.4 Å². The van der Waals surface area contributed by atoms with Crippen molar-refractivity contribution in [2.24, 2.45) is 0 Å². The molecule has 31 heavy (non-hydrogen) atoms. The molecule has 0 fully saturated rings. The smallest absolute Gasteiger partial charge is 0.130 e. The average Bonchev–Trinajstić information content (AvgIpc) is 3.11. The lowest BCUT2D eigenvalue weighted by Crippen LogP contribution is -2.10. The van der Waals surface area contributed by atoms with Crippen molar-refractivity contribution >= 4 is 5.82 Å². The fourth-order valence-corrected chi connectivity index (χ4v) is 3.08. The second kappa shape index (κ2) is 14.1. The fourth-order valence-electron chi connectivity index (χ4n) is 3.08. The third-order valence-electron chi connectivity index (χ3n) is 5.13. The van der Waals surface area contributed by atoms with Crippen LogP contribution in [0.5, 0.6) is 0 Å². The van der Waals surface area contributed by atoms with Gasteiger partial charge in [0.05, 0.1) is 36.7 Å². The highest BCUT2D eigenvalue weighted by Gasteiger charge is 2.17. The minimum absolute atomic E-state index is 0.547. The fraction of sp³-hybridized carbons (Fsp3) is 0.462. The van der Waals surface area contributed by atoms with Crippen LogP contribution in [-0.4, -0.2) is 16.9 Å². The predicted molar refractivity (Wildman–Crippen MR) is 133 cm³/mol. The van der Waals surface area contributed by atoms with Crippen molar-refractivity contribution < 1.29 is 4.74 Å². The number of ether oxygens (including phenoxy) is 1. The van der Waals surface area contributed by atoms with E-state index in [-0.39, 0.29) is 0 Å². The summed E-state index contributed by atoms with van der Waals surface area (Å²) in [6, 6.07) is 9.55. The Morgan fingerprint density at radius 1 is 1.10 bits per heavy atom. The van der Waals surface area contributed by atoms with Crippen LogP contribution in [0.3, 0.4) is 0 Å². The van der Waals surface area contributed by atoms with Gasteiger partial charge >= 0.3 is 0 Å². The van der Waals surface area contributed by atoms with E-state index in [4.69, 9.17) is 15.7 Å². The number of rotatable bonds is 6. The van der Waals surface area contributed by atoms with Gasteiger partial charge < -0.3 is 10.5 Å². The third kappa shape index (κ3) is 7.03. The number of aryl methyl sites for hydroxylation is 1. The molecule has 0 aliphatic heterocycles. The molecule has 0 amide bonds. The minimum atomic E-state index is 0.547. The van der Waals surface area contributed by atoms with E-state index in [2.05, 4.69) is 31.9 Å². The van der Waals surface area contributed by atoms with Crippen molar-refractivity contribution in [3.8, 4) is 17.2 Å². The van der Waals surface area contributed by atoms with Crippen LogP contribution in [0.4, 0.5) is 5.82 Å². The van der Waals surface area contributed by atoms with E-state index in [1.807, 2.05) is 58.4 Å². The lowest BCUT2D eigenvalue weighted by molar-refractivity contribution is 0.287. The Morgan fingerprint density at radius 3 is 2.10 bits per heavy atom. The zero-order valence-electron chi connectivity index (χ0n) is 21.1. The zero-order valence-corrected chi connectivity index (χ0v) is 21.1. The summed E-state index contributed by atoms with van der Waals surface area (Å²) in [5.41, 5.74) is 13.4. The monoisotopic (exact) mass is 424 g/mol. The Morgan fingerprint density at radius 2 is 1.65 bits per heavy atom. The predicted octanol–water partition coefficient (Wildman–Crippen LogP) is 7.03. The second-order valence-electron chi connectivity index (χ2n) is 6.69. The van der Waals surface area contributed by atoms with Gasteiger partial charge in [-0.1, -0.05) is 52.3 Å². The topological polar surface area (TPSA) is 76.9 Å². The van der Waals surface area contributed by atoms with E-state index in [9.17, 15) is 0 Å². The van der Waals surface area contributed by atoms with E-state index >= 15 is 0 Å². The van der Waals surface area contributed by atoms with Gasteiger partial charge in [-0.25, -0.2) is 4.68 Å². The molecule has 0 radical (unpaired) electrons. The van der Waals surface area contributed by atoms with Crippen molar-refractivity contribution in [1.29, 1.82) is 5.26 Å². The molecule has 2 aromatic rings. The number of benzene rings is 1. The number of nitrogens with zero attached hydrogens (tertiary/aromatic N) is 3. The van der Waals surface area contributed by atoms with Crippen molar-refractivity contribution in [3.05, 3.63) is 58.0 Å². The summed E-state index contributed by atoms with van der Waals surface area (Å²) in [7, 11) is 1.68. The van der Waals surface area contributed by atoms with Crippen molar-refractivity contribution in [2.45, 2.75) is 75.3 Å². The number of nitrogens with two attached hydrogens (primary N) is 1. The van der Waals surface area contributed by atoms with Gasteiger partial charge in [0.15, 0.2) is 0 Å². The lowest BCUT2D eigenvalue weighted by atomic mass is 9.99. The SMILES string of the molecule is CC.CC.CCC(C)=C(C)/C(Cn1nc(C)c(-c2ccc(C#N)cc2)c1N)=C(/C)OC. The van der Waals surface area contributed by atoms with E-state index < -0.39 is 0 Å². The standard InChI is InChI=1S/C22H28N4O.2C2H6/c1-7-14(2)15(3)20(17(5)27-6)13-26-22(24)21(16(4)25-26)19-10-8-18(12-23)9-11-19;2*1-2/h8-11H,7,13,24H2,1-6H3;2*1-2H3/b15-14?,20-17-;;. The molecule has 0 saturated carbocycles. The van der Waals surface area contributed by atoms with Crippen molar-refractivity contribution in [2.75, 3.05) is 12.8 Å². The highest BCUT2D eigenvalue weighted by atomic mass is 16.5. The van der Waals surface area contributed by atoms with E-state index in [0.717, 1.165) is 34.6 Å². The van der Waals surface area contributed by atoms with Gasteiger partial charge in [-0.2, -0.15) is 10.4 Å². The molecule has 1 heterocycles. The molecular weight excluding hydrogens is 384 g/mol. The molecule has 0 bridgehead atoms. The van der Waals surface area contributed by atoms with Gasteiger partial charge in [0.25, 0.3) is 0 Å². The number of hydrogen-bond donors (Lipinski definition) is 1. The van der Waals surface area contributed by atoms with Crippen LogP contribution in [0.1, 0.15) is 73.1 Å². The Balaban J connectivity index is 0.00000212. The lowest BCUT2D eigenvalue weighted by Gasteiger charge is -2.16. The first-order chi connectivity index (χ1) is 14.8. The van der Waals surface area contributed by atoms with E-state index in [0.29, 0.717) is 17.9 Å². The number of nitrogen functional groups attached to an aromatic ring is 1. The van der Waals surface area contributed by atoms with Crippen LogP contribution < -0.4 is 5.73 Å². The number of hydrogen-bond acceptors (Lipinski definition) is 4. The minimum Gasteiger partial charge on any atom is -0.501 e. The van der Waals surface area contributed by atoms with Crippen molar-refractivity contribution in [1.82, 2.24) is 9.78 Å². The summed E-state index contributed by atoms with van der Waals surface area (Å²) < 4.78 is 7.35. The number of aromatic nitrogens is 2. The molecule has 0 aliphatic rings. The highest BCUT2D eigenvalue weighted by Crippen LogP contribution is 2.31. The summed E-state index contributed by atoms with van der Waals surface area (Å²) in [5.74, 6) is 1.48. The van der Waals surface area contributed by atoms with Crippen LogP contribution in [0.2, 0.25) is 0 Å². The first kappa shape index (κ1) is 28.0. The highest BCUT2D eigenvalue weighted by molar-refractivity contribution is 5.76. The molecule has 2 rings (SSSR count). The molecule has 1 aromatic heterocycles. The maximum atomic E-state index is 8.99. The summed E-state index contributed by atoms with van der Waals surface area (Å²) in [6.07, 6.45) is 0.983. The second-order valence-corrected chi connectivity index (χ2v) is 6.69. The summed E-state index contributed by atoms with van der Waals surface area (Å²) in [6.45, 7) is 18.9. The van der Waals surface area contributed by atoms with Crippen LogP contribution in [0.25, 0.3) is 11.1 Å². The Hall–Kier alpha value is -3.00. The molecule has 5 heteroatoms. The van der Waals surface area contributed by atoms with Crippen LogP contribution >= 0.6 is 0 Å². The summed E-state index contributed by atoms with van der Waals surface area (Å²) in [5, 5.41) is 13.7. The van der Waals surface area contributed by atoms with Gasteiger partial charge in [0.2, 0.25) is 0 Å². The summed E-state index contributed by atoms with van der Waals surface area (Å²) in [4.78, 5) is 0. The maximum Gasteiger partial charge on any atom is 0.130 e. The van der Waals surface area contributed by atoms with E-state index in [1.54, 1.807) is 19.2 Å². The zero-order chi connectivity index (χ0) is 24.1. The first-order valence-electron chi connectivity index (χ1n) is 11.1. The van der Waals surface area contributed by atoms with Gasteiger partial charge in [-0.15, -0.1) is 0 Å². The Labute approximate surface area is 189 Å². The molecule has 0 saturated heterocycles. The summed E-state index contributed by atoms with van der Waals surface area (Å²) >= 11 is 0. The molecule has 0 aliphatic carbocycles. The maximum absolute atomic E-state index is 8.99. The molecule has 0 spiro atoms. The number of nitriles is 1. The number of methoxy groups -OCH3 is 1. The number of anilines is 1. The molecule has 0 unspecified atom stereocenters. The van der Waals surface area contributed by atoms with Crippen LogP contribution in [0, 0.1) is 18.3 Å². The molecular formula is C26H40N4O. The Kier molecular flexibility index (Phi) is 12.7. The van der Waals surface area contributed by atoms with Gasteiger partial charge in [0, 0.05) is 11.1 Å². The quantitative estimate of drug-likeness (QED) is 0.399. The third-order valence-corrected chi connectivity index (χ3v) is 5.13. The molecule has 5 nitrogen and oxygen atoms in total. The Bertz CT molecular complexity index is 926. The van der Waals surface area contributed by atoms with Gasteiger partial charge in [0.1, 0.15) is 5.82 Å². The molecule has 2 N–H and O–H groups in total. The first-order valence-corrected chi connectivity index (χ1v) is 11.1. The molecule has 0 atom stereocenters. The average molecular weight is 425 g/mol. The molecule has 1 aromatic carbocycles. The van der Waals surface area contributed by atoms with Gasteiger partial charge in [-0.3, -0.25) is 0 Å². The van der Waals surface area contributed by atoms with Crippen LogP contribution in [0.15, 0.2) is 46.7 Å². The largest absolute Gasteiger partial charge is 0.501 e. The normalized spacial score (nSPS) is 11.6.